The van der Waals surface area contributed by atoms with Gasteiger partial charge in [-0.05, 0) is 91.2 Å². The zero-order chi connectivity index (χ0) is 38.0. The highest BCUT2D eigenvalue weighted by molar-refractivity contribution is 5.92. The number of rotatable bonds is 12. The first-order valence-corrected chi connectivity index (χ1v) is 18.8. The lowest BCUT2D eigenvalue weighted by atomic mass is 9.73. The molecule has 2 aliphatic rings. The van der Waals surface area contributed by atoms with Crippen molar-refractivity contribution in [3.05, 3.63) is 114 Å². The fourth-order valence-electron chi connectivity index (χ4n) is 6.93. The number of nitrogens with zero attached hydrogens (tertiary/aromatic N) is 3. The van der Waals surface area contributed by atoms with Gasteiger partial charge in [-0.15, -0.1) is 0 Å². The topological polar surface area (TPSA) is 122 Å². The first-order chi connectivity index (χ1) is 25.8. The molecule has 1 amide bonds. The molecule has 3 aromatic carbocycles. The highest BCUT2D eigenvalue weighted by Gasteiger charge is 2.25. The molecule has 0 bridgehead atoms. The highest BCUT2D eigenvalue weighted by atomic mass is 16.5. The van der Waals surface area contributed by atoms with Gasteiger partial charge in [-0.2, -0.15) is 0 Å². The number of benzene rings is 3. The number of amides is 1. The standard InChI is InChI=1S/C26H33N3O2.C16H15NO3.C2H6/c1-29(18-25(30)31)17-19-7-9-23(10-8-19)26-27-15-24(16-28-26)22-13-11-21(12-14-22)20-5-3-2-4-6-20;1-20-15-8-4-12(5-9-15)10-16(19)17-14-6-2-13(11-18)3-7-14;1-2/h7-10,13,15-16,20-21H,2-6,11-12,14,17-18H2,1H3,(H,30,31);2-9,11H,10H2,1H3,(H,17,19);1-2H3. The van der Waals surface area contributed by atoms with Gasteiger partial charge in [0.25, 0.3) is 0 Å². The Morgan fingerprint density at radius 3 is 2.06 bits per heavy atom. The van der Waals surface area contributed by atoms with E-state index in [-0.39, 0.29) is 12.5 Å². The Balaban J connectivity index is 0.000000247. The predicted octanol–water partition coefficient (Wildman–Crippen LogP) is 9.14. The minimum absolute atomic E-state index is 0.0313. The van der Waals surface area contributed by atoms with E-state index in [0.717, 1.165) is 58.4 Å². The smallest absolute Gasteiger partial charge is 0.317 e. The van der Waals surface area contributed by atoms with E-state index >= 15 is 0 Å². The van der Waals surface area contributed by atoms with Crippen LogP contribution in [0.15, 0.2) is 91.3 Å². The van der Waals surface area contributed by atoms with Crippen LogP contribution in [0.5, 0.6) is 5.75 Å². The van der Waals surface area contributed by atoms with Crippen LogP contribution in [0.3, 0.4) is 0 Å². The quantitative estimate of drug-likeness (QED) is 0.139. The van der Waals surface area contributed by atoms with Crippen LogP contribution in [0.1, 0.15) is 92.3 Å². The minimum Gasteiger partial charge on any atom is -0.497 e. The second-order valence-electron chi connectivity index (χ2n) is 13.5. The van der Waals surface area contributed by atoms with E-state index in [1.54, 1.807) is 43.3 Å². The van der Waals surface area contributed by atoms with Gasteiger partial charge in [0, 0.05) is 41.3 Å². The fourth-order valence-corrected chi connectivity index (χ4v) is 6.93. The summed E-state index contributed by atoms with van der Waals surface area (Å²) in [6, 6.07) is 22.1. The Morgan fingerprint density at radius 1 is 0.849 bits per heavy atom. The number of likely N-dealkylation sites (N-methyl/N-ethyl adjacent to an activating group) is 1. The van der Waals surface area contributed by atoms with Crippen LogP contribution >= 0.6 is 0 Å². The summed E-state index contributed by atoms with van der Waals surface area (Å²) < 4.78 is 5.06. The molecule has 1 atom stereocenters. The van der Waals surface area contributed by atoms with Crippen molar-refractivity contribution in [1.82, 2.24) is 14.9 Å². The van der Waals surface area contributed by atoms with E-state index in [1.807, 2.05) is 74.8 Å². The Labute approximate surface area is 314 Å². The van der Waals surface area contributed by atoms with E-state index in [4.69, 9.17) is 9.84 Å². The zero-order valence-electron chi connectivity index (χ0n) is 31.6. The average molecular weight is 719 g/mol. The van der Waals surface area contributed by atoms with Crippen LogP contribution in [0, 0.1) is 11.8 Å². The molecule has 0 radical (unpaired) electrons. The molecule has 1 saturated carbocycles. The number of allylic oxidation sites excluding steroid dienone is 2. The van der Waals surface area contributed by atoms with Crippen molar-refractivity contribution in [3.63, 3.8) is 0 Å². The van der Waals surface area contributed by atoms with Gasteiger partial charge in [-0.1, -0.05) is 88.4 Å². The lowest BCUT2D eigenvalue weighted by Gasteiger charge is -2.32. The van der Waals surface area contributed by atoms with Gasteiger partial charge < -0.3 is 15.2 Å². The molecule has 2 aliphatic carbocycles. The van der Waals surface area contributed by atoms with Crippen LogP contribution in [-0.4, -0.2) is 58.8 Å². The van der Waals surface area contributed by atoms with E-state index in [9.17, 15) is 14.4 Å². The number of methoxy groups -OCH3 is 1. The van der Waals surface area contributed by atoms with Crippen LogP contribution < -0.4 is 10.1 Å². The maximum atomic E-state index is 11.9. The third kappa shape index (κ3) is 13.1. The number of ether oxygens (including phenoxy) is 1. The summed E-state index contributed by atoms with van der Waals surface area (Å²) in [4.78, 5) is 44.2. The number of carbonyl (C=O) groups is 3. The van der Waals surface area contributed by atoms with Crippen molar-refractivity contribution in [3.8, 4) is 17.1 Å². The maximum Gasteiger partial charge on any atom is 0.317 e. The number of nitrogens with one attached hydrogen (secondary N) is 1. The third-order valence-electron chi connectivity index (χ3n) is 9.71. The van der Waals surface area contributed by atoms with E-state index < -0.39 is 5.97 Å². The number of hydrogen-bond acceptors (Lipinski definition) is 7. The summed E-state index contributed by atoms with van der Waals surface area (Å²) in [6.07, 6.45) is 18.2. The number of aliphatic carboxylic acids is 1. The van der Waals surface area contributed by atoms with E-state index in [1.165, 1.54) is 50.5 Å². The van der Waals surface area contributed by atoms with Gasteiger partial charge >= 0.3 is 5.97 Å². The largest absolute Gasteiger partial charge is 0.497 e. The van der Waals surface area contributed by atoms with Crippen molar-refractivity contribution in [2.45, 2.75) is 78.2 Å². The van der Waals surface area contributed by atoms with Gasteiger partial charge in [0.05, 0.1) is 20.1 Å². The zero-order valence-corrected chi connectivity index (χ0v) is 31.6. The summed E-state index contributed by atoms with van der Waals surface area (Å²) in [6.45, 7) is 4.63. The summed E-state index contributed by atoms with van der Waals surface area (Å²) in [7, 11) is 3.41. The molecule has 280 valence electrons. The molecule has 1 heterocycles. The predicted molar refractivity (Wildman–Crippen MR) is 212 cm³/mol. The molecule has 0 saturated heterocycles. The number of carboxylic acid groups (broad SMARTS) is 1. The lowest BCUT2D eigenvalue weighted by Crippen LogP contribution is -2.25. The second-order valence-corrected chi connectivity index (χ2v) is 13.5. The van der Waals surface area contributed by atoms with Crippen LogP contribution in [0.2, 0.25) is 0 Å². The molecule has 9 heteroatoms. The number of anilines is 1. The first-order valence-electron chi connectivity index (χ1n) is 18.8. The molecule has 0 spiro atoms. The Morgan fingerprint density at radius 2 is 1.49 bits per heavy atom. The third-order valence-corrected chi connectivity index (χ3v) is 9.71. The van der Waals surface area contributed by atoms with Crippen LogP contribution in [0.25, 0.3) is 17.0 Å². The summed E-state index contributed by atoms with van der Waals surface area (Å²) in [5.74, 6) is 2.39. The molecular formula is C44H54N4O5. The van der Waals surface area contributed by atoms with E-state index in [0.29, 0.717) is 24.2 Å². The molecule has 1 unspecified atom stereocenters. The van der Waals surface area contributed by atoms with Crippen LogP contribution in [0.4, 0.5) is 5.69 Å². The molecule has 1 aromatic heterocycles. The van der Waals surface area contributed by atoms with Gasteiger partial charge in [0.1, 0.15) is 12.0 Å². The molecule has 6 rings (SSSR count). The molecule has 2 N–H and O–H groups in total. The monoisotopic (exact) mass is 718 g/mol. The van der Waals surface area contributed by atoms with Crippen LogP contribution in [-0.2, 0) is 22.6 Å². The van der Waals surface area contributed by atoms with Crippen molar-refractivity contribution in [1.29, 1.82) is 0 Å². The maximum absolute atomic E-state index is 11.9. The van der Waals surface area contributed by atoms with Gasteiger partial charge in [0.2, 0.25) is 5.91 Å². The minimum atomic E-state index is -0.815. The van der Waals surface area contributed by atoms with Gasteiger partial charge in [-0.25, -0.2) is 9.97 Å². The second kappa shape index (κ2) is 21.4. The fraction of sp³-hybridized carbons (Fsp3) is 0.386. The first kappa shape index (κ1) is 40.6. The van der Waals surface area contributed by atoms with Crippen molar-refractivity contribution >= 4 is 29.4 Å². The highest BCUT2D eigenvalue weighted by Crippen LogP contribution is 2.39. The van der Waals surface area contributed by atoms with Crippen molar-refractivity contribution in [2.75, 3.05) is 26.0 Å². The number of aldehydes is 1. The number of hydrogen-bond donors (Lipinski definition) is 2. The Kier molecular flexibility index (Phi) is 16.4. The average Bonchev–Trinajstić information content (AvgIpc) is 3.20. The Hall–Kier alpha value is -5.15. The SMILES string of the molecule is CC.CN(CC(=O)O)Cc1ccc(-c2ncc(C3=CCC(C4CCCCC4)CC3)cn2)cc1.COc1ccc(CC(=O)Nc2ccc(C=O)cc2)cc1. The van der Waals surface area contributed by atoms with Crippen molar-refractivity contribution < 1.29 is 24.2 Å². The molecule has 0 aliphatic heterocycles. The van der Waals surface area contributed by atoms with Gasteiger partial charge in [0.15, 0.2) is 5.82 Å². The normalized spacial score (nSPS) is 15.5. The van der Waals surface area contributed by atoms with E-state index in [2.05, 4.69) is 21.4 Å². The molecule has 4 aromatic rings. The molecule has 53 heavy (non-hydrogen) atoms. The lowest BCUT2D eigenvalue weighted by molar-refractivity contribution is -0.138. The summed E-state index contributed by atoms with van der Waals surface area (Å²) >= 11 is 0. The Bertz CT molecular complexity index is 1750. The number of carbonyl (C=O) groups excluding carboxylic acids is 2. The molecule has 9 nitrogen and oxygen atoms in total. The molecule has 1 fully saturated rings. The molecular weight excluding hydrogens is 665 g/mol. The van der Waals surface area contributed by atoms with Crippen molar-refractivity contribution in [2.24, 2.45) is 11.8 Å². The number of aromatic nitrogens is 2. The summed E-state index contributed by atoms with van der Waals surface area (Å²) in [5, 5.41) is 11.7. The van der Waals surface area contributed by atoms with Gasteiger partial charge in [-0.3, -0.25) is 19.3 Å². The summed E-state index contributed by atoms with van der Waals surface area (Å²) in [5.41, 5.74) is 6.77. The number of carboxylic acids is 1.